The highest BCUT2D eigenvalue weighted by Gasteiger charge is 2.37. The van der Waals surface area contributed by atoms with Crippen LogP contribution < -0.4 is 24.4 Å². The number of rotatable bonds is 9. The third-order valence-electron chi connectivity index (χ3n) is 5.87. The molecule has 2 aromatic rings. The number of methoxy groups -OCH3 is 4. The zero-order valence-electron chi connectivity index (χ0n) is 19.0. The molecule has 0 aromatic heterocycles. The van der Waals surface area contributed by atoms with Crippen LogP contribution in [0.25, 0.3) is 0 Å². The Morgan fingerprint density at radius 1 is 1.10 bits per heavy atom. The molecule has 168 valence electrons. The van der Waals surface area contributed by atoms with Crippen molar-refractivity contribution in [1.82, 2.24) is 5.32 Å². The summed E-state index contributed by atoms with van der Waals surface area (Å²) >= 11 is 0. The van der Waals surface area contributed by atoms with E-state index >= 15 is 0 Å². The van der Waals surface area contributed by atoms with E-state index in [-0.39, 0.29) is 24.6 Å². The van der Waals surface area contributed by atoms with Gasteiger partial charge in [0.1, 0.15) is 24.9 Å². The third kappa shape index (κ3) is 5.29. The average molecular weight is 430 g/mol. The number of quaternary nitrogens is 1. The van der Waals surface area contributed by atoms with E-state index in [0.29, 0.717) is 5.75 Å². The topological polar surface area (TPSA) is 70.5 Å². The fourth-order valence-corrected chi connectivity index (χ4v) is 4.49. The Bertz CT molecular complexity index is 902. The van der Waals surface area contributed by atoms with Gasteiger partial charge in [-0.15, -0.1) is 0 Å². The van der Waals surface area contributed by atoms with Crippen molar-refractivity contribution in [3.63, 3.8) is 0 Å². The highest BCUT2D eigenvalue weighted by Crippen LogP contribution is 2.35. The first-order valence-electron chi connectivity index (χ1n) is 10.5. The van der Waals surface area contributed by atoms with E-state index in [1.165, 1.54) is 28.7 Å². The lowest BCUT2D eigenvalue weighted by Gasteiger charge is -2.38. The minimum atomic E-state index is -0.122. The predicted molar refractivity (Wildman–Crippen MR) is 118 cm³/mol. The normalized spacial score (nSPS) is 18.6. The highest BCUT2D eigenvalue weighted by molar-refractivity contribution is 5.77. The van der Waals surface area contributed by atoms with Crippen molar-refractivity contribution in [2.45, 2.75) is 32.0 Å². The number of fused-ring (bicyclic) bond motifs is 1. The van der Waals surface area contributed by atoms with Gasteiger partial charge in [-0.3, -0.25) is 4.79 Å². The standard InChI is InChI=1S/C24H32N2O5/c1-16(25-23(27)15-28-2)24-20-13-22(31-5)21(30-4)12-18(20)9-10-26(24)14-17-7-6-8-19(11-17)29-3/h6-8,11-13,16,24H,9-10,14-15H2,1-5H3,(H,25,27)/p+1/t16-,24+/m1/s1. The Labute approximate surface area is 184 Å². The predicted octanol–water partition coefficient (Wildman–Crippen LogP) is 1.55. The Hall–Kier alpha value is -2.77. The Balaban J connectivity index is 1.97. The molecule has 7 heteroatoms. The molecule has 3 atom stereocenters. The molecule has 2 N–H and O–H groups in total. The van der Waals surface area contributed by atoms with Crippen LogP contribution in [0.15, 0.2) is 36.4 Å². The average Bonchev–Trinajstić information content (AvgIpc) is 2.78. The summed E-state index contributed by atoms with van der Waals surface area (Å²) < 4.78 is 21.5. The molecule has 0 saturated heterocycles. The van der Waals surface area contributed by atoms with Gasteiger partial charge in [0, 0.05) is 24.7 Å². The van der Waals surface area contributed by atoms with Gasteiger partial charge in [0.25, 0.3) is 0 Å². The molecule has 7 nitrogen and oxygen atoms in total. The Morgan fingerprint density at radius 3 is 2.52 bits per heavy atom. The second-order valence-electron chi connectivity index (χ2n) is 7.86. The molecule has 2 aromatic carbocycles. The molecule has 0 radical (unpaired) electrons. The summed E-state index contributed by atoms with van der Waals surface area (Å²) in [5.74, 6) is 2.15. The quantitative estimate of drug-likeness (QED) is 0.633. The smallest absolute Gasteiger partial charge is 0.246 e. The Morgan fingerprint density at radius 2 is 1.84 bits per heavy atom. The van der Waals surface area contributed by atoms with E-state index in [4.69, 9.17) is 18.9 Å². The molecule has 1 amide bonds. The molecular weight excluding hydrogens is 396 g/mol. The summed E-state index contributed by atoms with van der Waals surface area (Å²) in [6.07, 6.45) is 0.921. The maximum Gasteiger partial charge on any atom is 0.246 e. The molecule has 1 heterocycles. The van der Waals surface area contributed by atoms with Gasteiger partial charge in [-0.2, -0.15) is 0 Å². The molecule has 1 aliphatic heterocycles. The van der Waals surface area contributed by atoms with E-state index in [0.717, 1.165) is 31.0 Å². The molecule has 0 saturated carbocycles. The molecule has 31 heavy (non-hydrogen) atoms. The lowest BCUT2D eigenvalue weighted by molar-refractivity contribution is -0.948. The SMILES string of the molecule is COCC(=O)N[C@H](C)[C@H]1c2cc(OC)c(OC)cc2CC[NH+]1Cc1cccc(OC)c1. The fraction of sp³-hybridized carbons (Fsp3) is 0.458. The van der Waals surface area contributed by atoms with Crippen molar-refractivity contribution >= 4 is 5.91 Å². The van der Waals surface area contributed by atoms with Gasteiger partial charge < -0.3 is 29.2 Å². The summed E-state index contributed by atoms with van der Waals surface area (Å²) in [7, 11) is 6.50. The van der Waals surface area contributed by atoms with Crippen LogP contribution in [0.2, 0.25) is 0 Å². The zero-order valence-corrected chi connectivity index (χ0v) is 19.0. The Kier molecular flexibility index (Phi) is 7.76. The zero-order chi connectivity index (χ0) is 22.4. The molecule has 1 aliphatic rings. The van der Waals surface area contributed by atoms with E-state index < -0.39 is 0 Å². The molecular formula is C24H33N2O5+. The van der Waals surface area contributed by atoms with Crippen molar-refractivity contribution in [1.29, 1.82) is 0 Å². The number of amides is 1. The van der Waals surface area contributed by atoms with Crippen LogP contribution in [0.4, 0.5) is 0 Å². The highest BCUT2D eigenvalue weighted by atomic mass is 16.5. The summed E-state index contributed by atoms with van der Waals surface area (Å²) in [5, 5.41) is 3.11. The van der Waals surface area contributed by atoms with E-state index in [2.05, 4.69) is 36.5 Å². The van der Waals surface area contributed by atoms with Crippen LogP contribution in [0.5, 0.6) is 17.2 Å². The van der Waals surface area contributed by atoms with Crippen LogP contribution in [0, 0.1) is 0 Å². The number of benzene rings is 2. The van der Waals surface area contributed by atoms with Gasteiger partial charge in [0.2, 0.25) is 5.91 Å². The van der Waals surface area contributed by atoms with Crippen molar-refractivity contribution in [2.75, 3.05) is 41.6 Å². The lowest BCUT2D eigenvalue weighted by Crippen LogP contribution is -3.13. The van der Waals surface area contributed by atoms with Crippen LogP contribution in [0.1, 0.15) is 29.7 Å². The molecule has 0 spiro atoms. The first kappa shape index (κ1) is 22.9. The van der Waals surface area contributed by atoms with Crippen molar-refractivity contribution in [3.8, 4) is 17.2 Å². The lowest BCUT2D eigenvalue weighted by atomic mass is 9.87. The molecule has 1 unspecified atom stereocenters. The van der Waals surface area contributed by atoms with Crippen LogP contribution in [0.3, 0.4) is 0 Å². The number of ether oxygens (including phenoxy) is 4. The molecule has 0 aliphatic carbocycles. The largest absolute Gasteiger partial charge is 0.497 e. The first-order valence-corrected chi connectivity index (χ1v) is 10.5. The summed E-state index contributed by atoms with van der Waals surface area (Å²) in [6.45, 7) is 3.85. The maximum absolute atomic E-state index is 12.3. The van der Waals surface area contributed by atoms with E-state index in [1.807, 2.05) is 12.1 Å². The van der Waals surface area contributed by atoms with Gasteiger partial charge in [-0.05, 0) is 36.8 Å². The van der Waals surface area contributed by atoms with Crippen molar-refractivity contribution < 1.29 is 28.6 Å². The molecule has 3 rings (SSSR count). The van der Waals surface area contributed by atoms with Crippen LogP contribution in [-0.4, -0.2) is 53.5 Å². The summed E-state index contributed by atoms with van der Waals surface area (Å²) in [4.78, 5) is 13.6. The maximum atomic E-state index is 12.3. The van der Waals surface area contributed by atoms with Crippen LogP contribution >= 0.6 is 0 Å². The van der Waals surface area contributed by atoms with Gasteiger partial charge in [-0.25, -0.2) is 0 Å². The van der Waals surface area contributed by atoms with Crippen molar-refractivity contribution in [2.24, 2.45) is 0 Å². The summed E-state index contributed by atoms with van der Waals surface area (Å²) in [6, 6.07) is 12.2. The summed E-state index contributed by atoms with van der Waals surface area (Å²) in [5.41, 5.74) is 3.59. The van der Waals surface area contributed by atoms with Crippen LogP contribution in [-0.2, 0) is 22.5 Å². The van der Waals surface area contributed by atoms with Gasteiger partial charge in [-0.1, -0.05) is 12.1 Å². The minimum Gasteiger partial charge on any atom is -0.497 e. The number of hydrogen-bond acceptors (Lipinski definition) is 5. The molecule has 0 fully saturated rings. The second-order valence-corrected chi connectivity index (χ2v) is 7.86. The van der Waals surface area contributed by atoms with E-state index in [1.54, 1.807) is 21.3 Å². The number of carbonyl (C=O) groups is 1. The fourth-order valence-electron chi connectivity index (χ4n) is 4.49. The third-order valence-corrected chi connectivity index (χ3v) is 5.87. The second kappa shape index (κ2) is 10.5. The van der Waals surface area contributed by atoms with Crippen molar-refractivity contribution in [3.05, 3.63) is 53.1 Å². The number of nitrogens with one attached hydrogen (secondary N) is 2. The number of hydrogen-bond donors (Lipinski definition) is 2. The van der Waals surface area contributed by atoms with Gasteiger partial charge in [0.15, 0.2) is 11.5 Å². The van der Waals surface area contributed by atoms with Gasteiger partial charge >= 0.3 is 0 Å². The molecule has 0 bridgehead atoms. The minimum absolute atomic E-state index is 0.0427. The monoisotopic (exact) mass is 429 g/mol. The first-order chi connectivity index (χ1) is 15.0. The van der Waals surface area contributed by atoms with E-state index in [9.17, 15) is 4.79 Å². The van der Waals surface area contributed by atoms with Gasteiger partial charge in [0.05, 0.1) is 33.9 Å². The number of carbonyl (C=O) groups excluding carboxylic acids is 1.